The number of hydrogen-bond acceptors (Lipinski definition) is 3. The molecule has 2 N–H and O–H groups in total. The van der Waals surface area contributed by atoms with E-state index in [9.17, 15) is 13.6 Å². The Hall–Kier alpha value is -2.28. The van der Waals surface area contributed by atoms with E-state index in [0.717, 1.165) is 30.2 Å². The smallest absolute Gasteiger partial charge is 0.224 e. The van der Waals surface area contributed by atoms with Crippen molar-refractivity contribution in [2.75, 3.05) is 6.54 Å². The quantitative estimate of drug-likeness (QED) is 0.927. The van der Waals surface area contributed by atoms with Gasteiger partial charge in [0.25, 0.3) is 0 Å². The summed E-state index contributed by atoms with van der Waals surface area (Å²) in [5, 5.41) is 0. The van der Waals surface area contributed by atoms with Gasteiger partial charge in [-0.1, -0.05) is 6.07 Å². The van der Waals surface area contributed by atoms with Crippen molar-refractivity contribution in [2.45, 2.75) is 38.9 Å². The summed E-state index contributed by atoms with van der Waals surface area (Å²) in [5.74, 6) is -0.954. The van der Waals surface area contributed by atoms with Crippen molar-refractivity contribution in [3.63, 3.8) is 0 Å². The van der Waals surface area contributed by atoms with Crippen LogP contribution in [0.4, 0.5) is 8.78 Å². The summed E-state index contributed by atoms with van der Waals surface area (Å²) in [6, 6.07) is 3.25. The fourth-order valence-electron chi connectivity index (χ4n) is 3.00. The predicted molar refractivity (Wildman–Crippen MR) is 85.0 cm³/mol. The fraction of sp³-hybridized carbons (Fsp3) is 0.412. The van der Waals surface area contributed by atoms with Crippen LogP contribution in [-0.4, -0.2) is 32.9 Å². The molecule has 0 fully saturated rings. The standard InChI is InChI=1S/C17H20F2N4O/c1-11-9-22-4-5-23(10-16(22)21-11)17(24)8-13(20)6-12-2-3-14(18)15(19)7-12/h2-3,7,9,13H,4-6,8,10,20H2,1H3/t13-/m1/s1. The van der Waals surface area contributed by atoms with Gasteiger partial charge in [0.15, 0.2) is 11.6 Å². The first-order chi connectivity index (χ1) is 11.4. The molecule has 7 heteroatoms. The van der Waals surface area contributed by atoms with Crippen molar-refractivity contribution in [3.8, 4) is 0 Å². The summed E-state index contributed by atoms with van der Waals surface area (Å²) < 4.78 is 28.2. The number of nitrogens with zero attached hydrogens (tertiary/aromatic N) is 3. The first-order valence-corrected chi connectivity index (χ1v) is 7.92. The Morgan fingerprint density at radius 2 is 2.12 bits per heavy atom. The van der Waals surface area contributed by atoms with Crippen molar-refractivity contribution < 1.29 is 13.6 Å². The Bertz CT molecular complexity index is 759. The van der Waals surface area contributed by atoms with Gasteiger partial charge in [0.1, 0.15) is 5.82 Å². The molecular weight excluding hydrogens is 314 g/mol. The second-order valence-electron chi connectivity index (χ2n) is 6.22. The zero-order chi connectivity index (χ0) is 17.3. The molecule has 1 aromatic heterocycles. The molecule has 128 valence electrons. The third kappa shape index (κ3) is 3.62. The Kier molecular flexibility index (Phi) is 4.62. The number of amides is 1. The summed E-state index contributed by atoms with van der Waals surface area (Å²) in [6.45, 7) is 3.75. The molecule has 0 saturated heterocycles. The van der Waals surface area contributed by atoms with Crippen LogP contribution in [0.5, 0.6) is 0 Å². The van der Waals surface area contributed by atoms with Gasteiger partial charge in [-0.2, -0.15) is 0 Å². The number of halogens is 2. The molecule has 5 nitrogen and oxygen atoms in total. The van der Waals surface area contributed by atoms with E-state index in [1.165, 1.54) is 6.07 Å². The van der Waals surface area contributed by atoms with Crippen LogP contribution in [0.2, 0.25) is 0 Å². The van der Waals surface area contributed by atoms with E-state index in [2.05, 4.69) is 9.55 Å². The lowest BCUT2D eigenvalue weighted by atomic mass is 10.0. The van der Waals surface area contributed by atoms with Gasteiger partial charge in [-0.25, -0.2) is 13.8 Å². The number of imidazole rings is 1. The molecule has 1 aliphatic rings. The van der Waals surface area contributed by atoms with Gasteiger partial charge in [-0.3, -0.25) is 4.79 Å². The highest BCUT2D eigenvalue weighted by molar-refractivity contribution is 5.76. The molecule has 0 spiro atoms. The van der Waals surface area contributed by atoms with Gasteiger partial charge in [-0.15, -0.1) is 0 Å². The number of fused-ring (bicyclic) bond motifs is 1. The van der Waals surface area contributed by atoms with Gasteiger partial charge in [0.05, 0.1) is 12.2 Å². The van der Waals surface area contributed by atoms with Crippen molar-refractivity contribution >= 4 is 5.91 Å². The number of carbonyl (C=O) groups is 1. The van der Waals surface area contributed by atoms with E-state index < -0.39 is 17.7 Å². The molecule has 0 saturated carbocycles. The summed E-state index contributed by atoms with van der Waals surface area (Å²) in [7, 11) is 0. The number of benzene rings is 1. The highest BCUT2D eigenvalue weighted by Crippen LogP contribution is 2.15. The Morgan fingerprint density at radius 1 is 1.33 bits per heavy atom. The molecule has 1 aliphatic heterocycles. The number of rotatable bonds is 4. The maximum atomic E-state index is 13.2. The topological polar surface area (TPSA) is 64.2 Å². The Labute approximate surface area is 139 Å². The minimum atomic E-state index is -0.899. The van der Waals surface area contributed by atoms with E-state index >= 15 is 0 Å². The van der Waals surface area contributed by atoms with Crippen LogP contribution < -0.4 is 5.73 Å². The normalized spacial score (nSPS) is 15.2. The Balaban J connectivity index is 1.57. The van der Waals surface area contributed by atoms with E-state index in [1.54, 1.807) is 4.90 Å². The zero-order valence-corrected chi connectivity index (χ0v) is 13.5. The van der Waals surface area contributed by atoms with Gasteiger partial charge >= 0.3 is 0 Å². The minimum Gasteiger partial charge on any atom is -0.333 e. The summed E-state index contributed by atoms with van der Waals surface area (Å²) in [5.41, 5.74) is 7.54. The number of aromatic nitrogens is 2. The first-order valence-electron chi connectivity index (χ1n) is 7.92. The lowest BCUT2D eigenvalue weighted by molar-refractivity contribution is -0.133. The van der Waals surface area contributed by atoms with Crippen LogP contribution in [0.25, 0.3) is 0 Å². The minimum absolute atomic E-state index is 0.0445. The van der Waals surface area contributed by atoms with Crippen LogP contribution in [-0.2, 0) is 24.3 Å². The first kappa shape index (κ1) is 16.6. The maximum absolute atomic E-state index is 13.2. The Morgan fingerprint density at radius 3 is 2.88 bits per heavy atom. The molecule has 0 unspecified atom stereocenters. The molecule has 2 aromatic rings. The van der Waals surface area contributed by atoms with E-state index in [4.69, 9.17) is 5.73 Å². The molecule has 1 atom stereocenters. The largest absolute Gasteiger partial charge is 0.333 e. The molecular formula is C17H20F2N4O. The van der Waals surface area contributed by atoms with Gasteiger partial charge in [-0.05, 0) is 31.0 Å². The van der Waals surface area contributed by atoms with Crippen molar-refractivity contribution in [1.29, 1.82) is 0 Å². The van der Waals surface area contributed by atoms with Gasteiger partial charge in [0.2, 0.25) is 5.91 Å². The van der Waals surface area contributed by atoms with E-state index in [0.29, 0.717) is 25.1 Å². The third-order valence-corrected chi connectivity index (χ3v) is 4.19. The second kappa shape index (κ2) is 6.68. The molecule has 0 aliphatic carbocycles. The van der Waals surface area contributed by atoms with Crippen molar-refractivity contribution in [3.05, 3.63) is 53.1 Å². The predicted octanol–water partition coefficient (Wildman–Crippen LogP) is 1.77. The number of hydrogen-bond donors (Lipinski definition) is 1. The van der Waals surface area contributed by atoms with Crippen LogP contribution in [0.15, 0.2) is 24.4 Å². The zero-order valence-electron chi connectivity index (χ0n) is 13.5. The molecule has 0 bridgehead atoms. The summed E-state index contributed by atoms with van der Waals surface area (Å²) in [4.78, 5) is 18.6. The average molecular weight is 334 g/mol. The molecule has 1 aromatic carbocycles. The molecule has 3 rings (SSSR count). The highest BCUT2D eigenvalue weighted by Gasteiger charge is 2.23. The monoisotopic (exact) mass is 334 g/mol. The number of carbonyl (C=O) groups excluding carboxylic acids is 1. The van der Waals surface area contributed by atoms with E-state index in [-0.39, 0.29) is 12.3 Å². The lowest BCUT2D eigenvalue weighted by Crippen LogP contribution is -2.41. The summed E-state index contributed by atoms with van der Waals surface area (Å²) >= 11 is 0. The number of aryl methyl sites for hydroxylation is 1. The molecule has 0 radical (unpaired) electrons. The lowest BCUT2D eigenvalue weighted by Gasteiger charge is -2.28. The second-order valence-corrected chi connectivity index (χ2v) is 6.22. The number of nitrogens with two attached hydrogens (primary N) is 1. The third-order valence-electron chi connectivity index (χ3n) is 4.19. The average Bonchev–Trinajstić information content (AvgIpc) is 2.89. The molecule has 2 heterocycles. The SMILES string of the molecule is Cc1cn2c(n1)CN(C(=O)C[C@H](N)Cc1ccc(F)c(F)c1)CC2. The van der Waals surface area contributed by atoms with Crippen LogP contribution in [0, 0.1) is 18.6 Å². The van der Waals surface area contributed by atoms with Crippen LogP contribution in [0.3, 0.4) is 0 Å². The van der Waals surface area contributed by atoms with Crippen LogP contribution in [0.1, 0.15) is 23.5 Å². The van der Waals surface area contributed by atoms with Crippen molar-refractivity contribution in [1.82, 2.24) is 14.5 Å². The van der Waals surface area contributed by atoms with Crippen LogP contribution >= 0.6 is 0 Å². The maximum Gasteiger partial charge on any atom is 0.224 e. The van der Waals surface area contributed by atoms with E-state index in [1.807, 2.05) is 13.1 Å². The van der Waals surface area contributed by atoms with Gasteiger partial charge < -0.3 is 15.2 Å². The highest BCUT2D eigenvalue weighted by atomic mass is 19.2. The summed E-state index contributed by atoms with van der Waals surface area (Å²) in [6.07, 6.45) is 2.47. The van der Waals surface area contributed by atoms with Gasteiger partial charge in [0, 0.05) is 31.7 Å². The fourth-order valence-corrected chi connectivity index (χ4v) is 3.00. The molecule has 1 amide bonds. The molecule has 24 heavy (non-hydrogen) atoms. The van der Waals surface area contributed by atoms with Crippen molar-refractivity contribution in [2.24, 2.45) is 5.73 Å².